The van der Waals surface area contributed by atoms with Crippen molar-refractivity contribution in [2.24, 2.45) is 0 Å². The van der Waals surface area contributed by atoms with Gasteiger partial charge in [-0.1, -0.05) is 118 Å². The van der Waals surface area contributed by atoms with E-state index in [1.807, 2.05) is 66.7 Å². The highest BCUT2D eigenvalue weighted by Crippen LogP contribution is 2.26. The van der Waals surface area contributed by atoms with Crippen LogP contribution in [0, 0.1) is 5.41 Å². The zero-order chi connectivity index (χ0) is 21.8. The Kier molecular flexibility index (Phi) is 22.6. The summed E-state index contributed by atoms with van der Waals surface area (Å²) in [7, 11) is 0. The van der Waals surface area contributed by atoms with Gasteiger partial charge < -0.3 is 5.41 Å². The Hall–Kier alpha value is -1.89. The summed E-state index contributed by atoms with van der Waals surface area (Å²) in [5.74, 6) is 0.449. The van der Waals surface area contributed by atoms with Crippen LogP contribution in [0.15, 0.2) is 48.5 Å². The van der Waals surface area contributed by atoms with Crippen molar-refractivity contribution in [2.75, 3.05) is 0 Å². The van der Waals surface area contributed by atoms with Crippen LogP contribution in [0.25, 0.3) is 11.1 Å². The monoisotopic (exact) mass is 371 g/mol. The molecule has 2 aromatic carbocycles. The molecule has 0 unspecified atom stereocenters. The number of benzene rings is 2. The maximum absolute atomic E-state index is 7.93. The van der Waals surface area contributed by atoms with Gasteiger partial charge in [0, 0.05) is 5.71 Å². The zero-order valence-electron chi connectivity index (χ0n) is 19.9. The second-order valence-electron chi connectivity index (χ2n) is 5.65. The second-order valence-corrected chi connectivity index (χ2v) is 5.65. The Bertz CT molecular complexity index is 568. The predicted octanol–water partition coefficient (Wildman–Crippen LogP) is 9.36. The molecule has 0 saturated heterocycles. The van der Waals surface area contributed by atoms with Crippen LogP contribution in [0.5, 0.6) is 0 Å². The van der Waals surface area contributed by atoms with Gasteiger partial charge in [0.25, 0.3) is 0 Å². The van der Waals surface area contributed by atoms with E-state index < -0.39 is 0 Å². The molecule has 1 N–H and O–H groups in total. The minimum atomic E-state index is 0.449. The first kappa shape index (κ1) is 29.9. The van der Waals surface area contributed by atoms with Gasteiger partial charge >= 0.3 is 0 Å². The summed E-state index contributed by atoms with van der Waals surface area (Å²) in [5.41, 5.74) is 5.34. The summed E-state index contributed by atoms with van der Waals surface area (Å²) < 4.78 is 0. The fraction of sp³-hybridized carbons (Fsp3) is 0.500. The van der Waals surface area contributed by atoms with E-state index in [9.17, 15) is 0 Å². The van der Waals surface area contributed by atoms with Gasteiger partial charge in [-0.3, -0.25) is 0 Å². The average Bonchev–Trinajstić information content (AvgIpc) is 2.73. The highest BCUT2D eigenvalue weighted by molar-refractivity contribution is 5.99. The molecule has 0 radical (unpaired) electrons. The summed E-state index contributed by atoms with van der Waals surface area (Å²) in [4.78, 5) is 0. The minimum absolute atomic E-state index is 0.449. The number of nitrogens with one attached hydrogen (secondary N) is 1. The maximum Gasteiger partial charge on any atom is 0.0358 e. The lowest BCUT2D eigenvalue weighted by atomic mass is 9.91. The molecule has 0 aliphatic rings. The third kappa shape index (κ3) is 12.2. The van der Waals surface area contributed by atoms with Crippen LogP contribution in [-0.2, 0) is 0 Å². The van der Waals surface area contributed by atoms with Crippen molar-refractivity contribution in [2.45, 2.75) is 88.5 Å². The van der Waals surface area contributed by atoms with E-state index in [2.05, 4.69) is 58.0 Å². The smallest absolute Gasteiger partial charge is 0.0358 e. The van der Waals surface area contributed by atoms with Gasteiger partial charge in [-0.25, -0.2) is 0 Å². The van der Waals surface area contributed by atoms with E-state index in [0.29, 0.717) is 11.6 Å². The number of rotatable bonds is 3. The molecule has 0 aromatic heterocycles. The standard InChI is InChI=1S/C17H19N.C3H8.3C2H6/c1-12(2)16-10-9-15(11-17(16)13(3)18)14-7-5-4-6-8-14;1-3-2;3*1-2/h4-12,18H,1-3H3;3H2,1-2H3;3*1-2H3. The van der Waals surface area contributed by atoms with E-state index in [1.165, 1.54) is 23.1 Å². The lowest BCUT2D eigenvalue weighted by Gasteiger charge is -2.14. The molecule has 0 saturated carbocycles. The molecule has 1 nitrogen and oxygen atoms in total. The normalized spacial score (nSPS) is 8.44. The third-order valence-corrected chi connectivity index (χ3v) is 3.19. The van der Waals surface area contributed by atoms with Gasteiger partial charge in [-0.05, 0) is 41.2 Å². The molecule has 2 aromatic rings. The first-order valence-electron chi connectivity index (χ1n) is 10.8. The fourth-order valence-electron chi connectivity index (χ4n) is 2.19. The zero-order valence-corrected chi connectivity index (χ0v) is 19.9. The summed E-state index contributed by atoms with van der Waals surface area (Å²) in [6, 6.07) is 16.8. The highest BCUT2D eigenvalue weighted by atomic mass is 14.4. The summed E-state index contributed by atoms with van der Waals surface area (Å²) in [6.07, 6.45) is 1.25. The van der Waals surface area contributed by atoms with E-state index in [1.54, 1.807) is 0 Å². The van der Waals surface area contributed by atoms with Crippen LogP contribution >= 0.6 is 0 Å². The van der Waals surface area contributed by atoms with Gasteiger partial charge in [-0.2, -0.15) is 0 Å². The highest BCUT2D eigenvalue weighted by Gasteiger charge is 2.09. The van der Waals surface area contributed by atoms with Crippen LogP contribution in [0.2, 0.25) is 0 Å². The Balaban J connectivity index is -0.000000555. The molecule has 0 spiro atoms. The molecule has 27 heavy (non-hydrogen) atoms. The molecular weight excluding hydrogens is 326 g/mol. The molecule has 0 fully saturated rings. The van der Waals surface area contributed by atoms with Crippen molar-refractivity contribution in [1.29, 1.82) is 5.41 Å². The van der Waals surface area contributed by atoms with Crippen LogP contribution in [0.1, 0.15) is 99.6 Å². The van der Waals surface area contributed by atoms with E-state index in [4.69, 9.17) is 5.41 Å². The fourth-order valence-corrected chi connectivity index (χ4v) is 2.19. The maximum atomic E-state index is 7.93. The quantitative estimate of drug-likeness (QED) is 0.519. The van der Waals surface area contributed by atoms with Crippen LogP contribution in [-0.4, -0.2) is 5.71 Å². The van der Waals surface area contributed by atoms with E-state index in [-0.39, 0.29) is 0 Å². The Morgan fingerprint density at radius 1 is 0.778 bits per heavy atom. The molecule has 0 atom stereocenters. The van der Waals surface area contributed by atoms with Gasteiger partial charge in [0.2, 0.25) is 0 Å². The van der Waals surface area contributed by atoms with Crippen molar-refractivity contribution in [3.63, 3.8) is 0 Å². The Labute approximate surface area is 170 Å². The number of hydrogen-bond acceptors (Lipinski definition) is 1. The van der Waals surface area contributed by atoms with Crippen molar-refractivity contribution >= 4 is 5.71 Å². The molecule has 0 bridgehead atoms. The van der Waals surface area contributed by atoms with Crippen molar-refractivity contribution in [1.82, 2.24) is 0 Å². The number of hydrogen-bond donors (Lipinski definition) is 1. The average molecular weight is 372 g/mol. The van der Waals surface area contributed by atoms with Gasteiger partial charge in [-0.15, -0.1) is 0 Å². The Morgan fingerprint density at radius 2 is 1.22 bits per heavy atom. The van der Waals surface area contributed by atoms with Crippen molar-refractivity contribution in [3.8, 4) is 11.1 Å². The van der Waals surface area contributed by atoms with E-state index >= 15 is 0 Å². The molecule has 0 heterocycles. The summed E-state index contributed by atoms with van der Waals surface area (Å²) in [5, 5.41) is 7.93. The first-order chi connectivity index (χ1) is 13.0. The second kappa shape index (κ2) is 20.4. The summed E-state index contributed by atoms with van der Waals surface area (Å²) >= 11 is 0. The lowest BCUT2D eigenvalue weighted by molar-refractivity contribution is 0.864. The van der Waals surface area contributed by atoms with Gasteiger partial charge in [0.15, 0.2) is 0 Å². The molecule has 154 valence electrons. The molecule has 0 amide bonds. The Morgan fingerprint density at radius 3 is 1.59 bits per heavy atom. The predicted molar refractivity (Wildman–Crippen MR) is 128 cm³/mol. The third-order valence-electron chi connectivity index (χ3n) is 3.19. The van der Waals surface area contributed by atoms with Crippen molar-refractivity contribution in [3.05, 3.63) is 59.7 Å². The lowest BCUT2D eigenvalue weighted by Crippen LogP contribution is -2.01. The van der Waals surface area contributed by atoms with E-state index in [0.717, 1.165) is 5.56 Å². The largest absolute Gasteiger partial charge is 0.305 e. The SMILES string of the molecule is CC.CC.CC.CC(=N)c1cc(-c2ccccc2)ccc1C(C)C.CCC. The van der Waals surface area contributed by atoms with Crippen LogP contribution in [0.3, 0.4) is 0 Å². The topological polar surface area (TPSA) is 23.9 Å². The summed E-state index contributed by atoms with van der Waals surface area (Å²) in [6.45, 7) is 22.4. The van der Waals surface area contributed by atoms with Crippen LogP contribution in [0.4, 0.5) is 0 Å². The molecule has 0 aliphatic heterocycles. The molecule has 2 rings (SSSR count). The van der Waals surface area contributed by atoms with Crippen LogP contribution < -0.4 is 0 Å². The molecule has 1 heteroatoms. The minimum Gasteiger partial charge on any atom is -0.305 e. The van der Waals surface area contributed by atoms with Crippen molar-refractivity contribution < 1.29 is 0 Å². The van der Waals surface area contributed by atoms with Gasteiger partial charge in [0.1, 0.15) is 0 Å². The first-order valence-corrected chi connectivity index (χ1v) is 10.8. The molecule has 0 aliphatic carbocycles. The molecular formula is C26H45N. The van der Waals surface area contributed by atoms with Gasteiger partial charge in [0.05, 0.1) is 0 Å².